The number of rotatable bonds is 5. The Hall–Kier alpha value is -0.900. The van der Waals surface area contributed by atoms with Gasteiger partial charge in [-0.2, -0.15) is 0 Å². The number of hydrogen-bond acceptors (Lipinski definition) is 1. The molecule has 1 amide bonds. The summed E-state index contributed by atoms with van der Waals surface area (Å²) in [6, 6.07) is 4.57. The zero-order valence-corrected chi connectivity index (χ0v) is 12.6. The molecule has 0 atom stereocenters. The normalized spacial score (nSPS) is 10.8. The molecular formula is C14H19BrFNO. The molecule has 1 aromatic rings. The second kappa shape index (κ2) is 6.88. The van der Waals surface area contributed by atoms with Crippen molar-refractivity contribution in [2.75, 3.05) is 11.9 Å². The predicted molar refractivity (Wildman–Crippen MR) is 75.7 cm³/mol. The standard InChI is InChI=1S/C14H19BrFNO/c1-10(2)17(6-4-5-15)14(18)12-7-11(3)8-13(16)9-12/h7-10H,4-6H2,1-3H3. The third-order valence-corrected chi connectivity index (χ3v) is 3.27. The van der Waals surface area contributed by atoms with Gasteiger partial charge < -0.3 is 4.90 Å². The molecule has 0 saturated heterocycles. The first-order valence-corrected chi connectivity index (χ1v) is 7.22. The van der Waals surface area contributed by atoms with E-state index in [4.69, 9.17) is 0 Å². The Labute approximate surface area is 116 Å². The Morgan fingerprint density at radius 1 is 1.39 bits per heavy atom. The molecule has 0 aliphatic heterocycles. The van der Waals surface area contributed by atoms with E-state index in [1.54, 1.807) is 17.9 Å². The molecule has 0 aliphatic rings. The predicted octanol–water partition coefficient (Wildman–Crippen LogP) is 3.77. The summed E-state index contributed by atoms with van der Waals surface area (Å²) in [7, 11) is 0. The molecule has 2 nitrogen and oxygen atoms in total. The Bertz CT molecular complexity index is 400. The molecule has 0 radical (unpaired) electrons. The van der Waals surface area contributed by atoms with Crippen LogP contribution in [0.25, 0.3) is 0 Å². The lowest BCUT2D eigenvalue weighted by molar-refractivity contribution is 0.0706. The van der Waals surface area contributed by atoms with E-state index in [0.717, 1.165) is 17.3 Å². The molecule has 0 unspecified atom stereocenters. The number of carbonyl (C=O) groups is 1. The summed E-state index contributed by atoms with van der Waals surface area (Å²) in [5.74, 6) is -0.462. The van der Waals surface area contributed by atoms with Crippen LogP contribution in [-0.2, 0) is 0 Å². The minimum absolute atomic E-state index is 0.103. The Morgan fingerprint density at radius 3 is 2.56 bits per heavy atom. The van der Waals surface area contributed by atoms with E-state index in [2.05, 4.69) is 15.9 Å². The molecule has 0 bridgehead atoms. The average molecular weight is 316 g/mol. The largest absolute Gasteiger partial charge is 0.336 e. The maximum atomic E-state index is 13.3. The first kappa shape index (κ1) is 15.2. The van der Waals surface area contributed by atoms with Crippen LogP contribution in [0.2, 0.25) is 0 Å². The highest BCUT2D eigenvalue weighted by atomic mass is 79.9. The van der Waals surface area contributed by atoms with Crippen molar-refractivity contribution in [2.24, 2.45) is 0 Å². The van der Waals surface area contributed by atoms with Crippen LogP contribution in [-0.4, -0.2) is 28.7 Å². The third kappa shape index (κ3) is 4.09. The molecule has 0 N–H and O–H groups in total. The summed E-state index contributed by atoms with van der Waals surface area (Å²) in [4.78, 5) is 14.1. The van der Waals surface area contributed by atoms with E-state index < -0.39 is 0 Å². The van der Waals surface area contributed by atoms with Crippen molar-refractivity contribution in [3.05, 3.63) is 35.1 Å². The number of amides is 1. The van der Waals surface area contributed by atoms with Crippen LogP contribution in [0.3, 0.4) is 0 Å². The van der Waals surface area contributed by atoms with Gasteiger partial charge in [0.15, 0.2) is 0 Å². The zero-order chi connectivity index (χ0) is 13.7. The van der Waals surface area contributed by atoms with Gasteiger partial charge in [-0.3, -0.25) is 4.79 Å². The van der Waals surface area contributed by atoms with Crippen molar-refractivity contribution < 1.29 is 9.18 Å². The van der Waals surface area contributed by atoms with Crippen LogP contribution >= 0.6 is 15.9 Å². The minimum Gasteiger partial charge on any atom is -0.336 e. The van der Waals surface area contributed by atoms with Crippen LogP contribution in [0.4, 0.5) is 4.39 Å². The van der Waals surface area contributed by atoms with E-state index in [9.17, 15) is 9.18 Å². The molecule has 4 heteroatoms. The fourth-order valence-electron chi connectivity index (χ4n) is 1.85. The lowest BCUT2D eigenvalue weighted by Crippen LogP contribution is -2.38. The number of benzene rings is 1. The number of nitrogens with zero attached hydrogens (tertiary/aromatic N) is 1. The van der Waals surface area contributed by atoms with Gasteiger partial charge in [0.25, 0.3) is 5.91 Å². The number of hydrogen-bond donors (Lipinski definition) is 0. The van der Waals surface area contributed by atoms with Crippen LogP contribution in [0, 0.1) is 12.7 Å². The fourth-order valence-corrected chi connectivity index (χ4v) is 2.10. The highest BCUT2D eigenvalue weighted by Gasteiger charge is 2.18. The van der Waals surface area contributed by atoms with Crippen molar-refractivity contribution in [3.8, 4) is 0 Å². The van der Waals surface area contributed by atoms with Crippen LogP contribution in [0.5, 0.6) is 0 Å². The number of alkyl halides is 1. The maximum absolute atomic E-state index is 13.3. The van der Waals surface area contributed by atoms with Gasteiger partial charge in [-0.1, -0.05) is 15.9 Å². The lowest BCUT2D eigenvalue weighted by Gasteiger charge is -2.26. The minimum atomic E-state index is -0.359. The summed E-state index contributed by atoms with van der Waals surface area (Å²) < 4.78 is 13.3. The highest BCUT2D eigenvalue weighted by Crippen LogP contribution is 2.13. The van der Waals surface area contributed by atoms with E-state index in [1.807, 2.05) is 13.8 Å². The van der Waals surface area contributed by atoms with Gasteiger partial charge >= 0.3 is 0 Å². The fraction of sp³-hybridized carbons (Fsp3) is 0.500. The monoisotopic (exact) mass is 315 g/mol. The zero-order valence-electron chi connectivity index (χ0n) is 11.0. The molecule has 18 heavy (non-hydrogen) atoms. The number of halogens is 2. The molecule has 1 rings (SSSR count). The van der Waals surface area contributed by atoms with Crippen LogP contribution in [0.15, 0.2) is 18.2 Å². The van der Waals surface area contributed by atoms with E-state index in [1.165, 1.54) is 12.1 Å². The topological polar surface area (TPSA) is 20.3 Å². The molecule has 1 aromatic carbocycles. The average Bonchev–Trinajstić information content (AvgIpc) is 2.27. The van der Waals surface area contributed by atoms with E-state index in [0.29, 0.717) is 12.1 Å². The molecular weight excluding hydrogens is 297 g/mol. The van der Waals surface area contributed by atoms with Crippen molar-refractivity contribution in [2.45, 2.75) is 33.2 Å². The van der Waals surface area contributed by atoms with Crippen molar-refractivity contribution in [1.82, 2.24) is 4.90 Å². The first-order chi connectivity index (χ1) is 8.45. The lowest BCUT2D eigenvalue weighted by atomic mass is 10.1. The van der Waals surface area contributed by atoms with Crippen LogP contribution in [0.1, 0.15) is 36.2 Å². The second-order valence-electron chi connectivity index (χ2n) is 4.65. The Kier molecular flexibility index (Phi) is 5.79. The van der Waals surface area contributed by atoms with Gasteiger partial charge in [-0.05, 0) is 51.0 Å². The van der Waals surface area contributed by atoms with Gasteiger partial charge in [0, 0.05) is 23.5 Å². The summed E-state index contributed by atoms with van der Waals surface area (Å²) in [6.07, 6.45) is 0.887. The van der Waals surface area contributed by atoms with Crippen molar-refractivity contribution >= 4 is 21.8 Å². The molecule has 0 aromatic heterocycles. The molecule has 0 aliphatic carbocycles. The number of aryl methyl sites for hydroxylation is 1. The Morgan fingerprint density at radius 2 is 2.06 bits per heavy atom. The third-order valence-electron chi connectivity index (χ3n) is 2.71. The van der Waals surface area contributed by atoms with Crippen LogP contribution < -0.4 is 0 Å². The van der Waals surface area contributed by atoms with E-state index >= 15 is 0 Å². The molecule has 0 spiro atoms. The van der Waals surface area contributed by atoms with Crippen molar-refractivity contribution in [1.29, 1.82) is 0 Å². The van der Waals surface area contributed by atoms with Crippen molar-refractivity contribution in [3.63, 3.8) is 0 Å². The molecule has 0 saturated carbocycles. The summed E-state index contributed by atoms with van der Waals surface area (Å²) in [5, 5.41) is 0.853. The van der Waals surface area contributed by atoms with Gasteiger partial charge in [-0.25, -0.2) is 4.39 Å². The smallest absolute Gasteiger partial charge is 0.254 e. The summed E-state index contributed by atoms with van der Waals surface area (Å²) in [6.45, 7) is 6.41. The maximum Gasteiger partial charge on any atom is 0.254 e. The SMILES string of the molecule is Cc1cc(F)cc(C(=O)N(CCCBr)C(C)C)c1. The molecule has 0 heterocycles. The van der Waals surface area contributed by atoms with Gasteiger partial charge in [0.2, 0.25) is 0 Å². The molecule has 0 fully saturated rings. The van der Waals surface area contributed by atoms with Gasteiger partial charge in [0.1, 0.15) is 5.82 Å². The highest BCUT2D eigenvalue weighted by molar-refractivity contribution is 9.09. The van der Waals surface area contributed by atoms with Gasteiger partial charge in [-0.15, -0.1) is 0 Å². The second-order valence-corrected chi connectivity index (χ2v) is 5.45. The molecule has 100 valence electrons. The summed E-state index contributed by atoms with van der Waals surface area (Å²) in [5.41, 5.74) is 1.19. The summed E-state index contributed by atoms with van der Waals surface area (Å²) >= 11 is 3.36. The van der Waals surface area contributed by atoms with Gasteiger partial charge in [0.05, 0.1) is 0 Å². The first-order valence-electron chi connectivity index (χ1n) is 6.10. The van der Waals surface area contributed by atoms with E-state index in [-0.39, 0.29) is 17.8 Å². The quantitative estimate of drug-likeness (QED) is 0.757. The number of carbonyl (C=O) groups excluding carboxylic acids is 1. The Balaban J connectivity index is 2.94.